The number of nitrogens with zero attached hydrogens (tertiary/aromatic N) is 3. The van der Waals surface area contributed by atoms with Crippen molar-refractivity contribution in [2.75, 3.05) is 6.61 Å². The van der Waals surface area contributed by atoms with Crippen molar-refractivity contribution in [3.05, 3.63) is 48.1 Å². The van der Waals surface area contributed by atoms with E-state index < -0.39 is 54.4 Å². The minimum atomic E-state index is -4.73. The Hall–Kier alpha value is -2.14. The maximum absolute atomic E-state index is 14.2. The number of benzene rings is 1. The van der Waals surface area contributed by atoms with Crippen LogP contribution in [0, 0.1) is 17.6 Å². The second-order valence-electron chi connectivity index (χ2n) is 5.72. The van der Waals surface area contributed by atoms with Gasteiger partial charge < -0.3 is 9.84 Å². The number of hydrogen-bond acceptors (Lipinski definition) is 4. The number of aliphatic hydroxyl groups is 1. The molecule has 2 rings (SSSR count). The minimum absolute atomic E-state index is 0.425. The van der Waals surface area contributed by atoms with Crippen LogP contribution in [0.2, 0.25) is 0 Å². The van der Waals surface area contributed by atoms with E-state index in [9.17, 15) is 31.4 Å². The highest BCUT2D eigenvalue weighted by Gasteiger charge is 2.45. The lowest BCUT2D eigenvalue weighted by atomic mass is 9.82. The molecule has 0 bridgehead atoms. The topological polar surface area (TPSA) is 60.2 Å². The van der Waals surface area contributed by atoms with Gasteiger partial charge in [-0.2, -0.15) is 13.9 Å². The molecule has 1 N–H and O–H groups in total. The van der Waals surface area contributed by atoms with E-state index in [0.717, 1.165) is 23.1 Å². The highest BCUT2D eigenvalue weighted by atomic mass is 19.3. The molecule has 0 unspecified atom stereocenters. The summed E-state index contributed by atoms with van der Waals surface area (Å²) in [6.45, 7) is -0.291. The quantitative estimate of drug-likeness (QED) is 0.712. The molecule has 0 saturated carbocycles. The Labute approximate surface area is 144 Å². The van der Waals surface area contributed by atoms with Gasteiger partial charge >= 0.3 is 12.5 Å². The van der Waals surface area contributed by atoms with Crippen LogP contribution in [-0.2, 0) is 16.9 Å². The van der Waals surface area contributed by atoms with E-state index in [1.807, 2.05) is 0 Å². The van der Waals surface area contributed by atoms with Crippen molar-refractivity contribution in [3.8, 4) is 0 Å². The minimum Gasteiger partial charge on any atom is -0.383 e. The summed E-state index contributed by atoms with van der Waals surface area (Å²) >= 11 is 0. The summed E-state index contributed by atoms with van der Waals surface area (Å²) in [4.78, 5) is 3.64. The number of rotatable bonds is 8. The van der Waals surface area contributed by atoms with Gasteiger partial charge in [0.25, 0.3) is 0 Å². The van der Waals surface area contributed by atoms with Gasteiger partial charge in [0.2, 0.25) is 0 Å². The molecular formula is C15H15F6N3O2. The summed E-state index contributed by atoms with van der Waals surface area (Å²) in [5.74, 6) is -3.35. The second-order valence-corrected chi connectivity index (χ2v) is 5.72. The van der Waals surface area contributed by atoms with E-state index in [2.05, 4.69) is 14.8 Å². The Bertz CT molecular complexity index is 728. The van der Waals surface area contributed by atoms with E-state index >= 15 is 0 Å². The Kier molecular flexibility index (Phi) is 5.91. The van der Waals surface area contributed by atoms with Crippen molar-refractivity contribution < 1.29 is 36.2 Å². The lowest BCUT2D eigenvalue weighted by Gasteiger charge is -2.35. The summed E-state index contributed by atoms with van der Waals surface area (Å²) < 4.78 is 82.8. The molecule has 0 radical (unpaired) electrons. The van der Waals surface area contributed by atoms with Crippen LogP contribution in [0.25, 0.3) is 0 Å². The van der Waals surface area contributed by atoms with E-state index in [0.29, 0.717) is 6.07 Å². The van der Waals surface area contributed by atoms with E-state index in [1.54, 1.807) is 0 Å². The molecule has 1 heterocycles. The Morgan fingerprint density at radius 1 is 1.27 bits per heavy atom. The molecule has 0 aliphatic rings. The third-order valence-electron chi connectivity index (χ3n) is 3.86. The standard InChI is InChI=1S/C15H15F6N3O2/c1-9(5-26-15(20,21)13(18)19)14(25,6-24-8-22-7-23-24)11-3-2-10(16)4-12(11)17/h2-4,7-9,13,25H,5-6H2,1H3/t9-,14+/m0/s1. The lowest BCUT2D eigenvalue weighted by molar-refractivity contribution is -0.308. The first kappa shape index (κ1) is 20.2. The van der Waals surface area contributed by atoms with Crippen molar-refractivity contribution in [1.29, 1.82) is 0 Å². The summed E-state index contributed by atoms with van der Waals surface area (Å²) in [5.41, 5.74) is -2.64. The molecule has 144 valence electrons. The Balaban J connectivity index is 2.33. The second kappa shape index (κ2) is 7.62. The average molecular weight is 383 g/mol. The smallest absolute Gasteiger partial charge is 0.383 e. The highest BCUT2D eigenvalue weighted by Crippen LogP contribution is 2.35. The van der Waals surface area contributed by atoms with Crippen LogP contribution in [0.4, 0.5) is 26.3 Å². The zero-order chi connectivity index (χ0) is 19.5. The van der Waals surface area contributed by atoms with Gasteiger partial charge in [0, 0.05) is 17.5 Å². The first-order chi connectivity index (χ1) is 12.1. The van der Waals surface area contributed by atoms with Gasteiger partial charge in [-0.25, -0.2) is 27.2 Å². The molecule has 11 heteroatoms. The Morgan fingerprint density at radius 3 is 2.50 bits per heavy atom. The predicted octanol–water partition coefficient (Wildman–Crippen LogP) is 2.95. The maximum Gasteiger partial charge on any atom is 0.416 e. The van der Waals surface area contributed by atoms with Crippen LogP contribution < -0.4 is 0 Å². The van der Waals surface area contributed by atoms with Crippen molar-refractivity contribution in [2.45, 2.75) is 31.6 Å². The van der Waals surface area contributed by atoms with Gasteiger partial charge in [-0.3, -0.25) is 0 Å². The van der Waals surface area contributed by atoms with Gasteiger partial charge in [-0.05, 0) is 6.07 Å². The van der Waals surface area contributed by atoms with E-state index in [1.165, 1.54) is 13.3 Å². The first-order valence-electron chi connectivity index (χ1n) is 7.36. The summed E-state index contributed by atoms with van der Waals surface area (Å²) in [6, 6.07) is 2.30. The highest BCUT2D eigenvalue weighted by molar-refractivity contribution is 5.26. The summed E-state index contributed by atoms with van der Waals surface area (Å²) in [6.07, 6.45) is -6.51. The van der Waals surface area contributed by atoms with Crippen molar-refractivity contribution in [3.63, 3.8) is 0 Å². The summed E-state index contributed by atoms with van der Waals surface area (Å²) in [5, 5.41) is 14.7. The van der Waals surface area contributed by atoms with Crippen LogP contribution in [-0.4, -0.2) is 39.0 Å². The molecule has 1 aromatic heterocycles. The van der Waals surface area contributed by atoms with Crippen LogP contribution in [0.15, 0.2) is 30.9 Å². The molecule has 0 saturated heterocycles. The largest absolute Gasteiger partial charge is 0.416 e. The normalized spacial score (nSPS) is 15.9. The van der Waals surface area contributed by atoms with Crippen LogP contribution in [0.5, 0.6) is 0 Å². The molecule has 0 spiro atoms. The zero-order valence-corrected chi connectivity index (χ0v) is 13.4. The molecule has 5 nitrogen and oxygen atoms in total. The maximum atomic E-state index is 14.2. The molecule has 26 heavy (non-hydrogen) atoms. The van der Waals surface area contributed by atoms with Gasteiger partial charge in [-0.15, -0.1) is 0 Å². The third kappa shape index (κ3) is 4.33. The molecule has 0 aliphatic heterocycles. The lowest BCUT2D eigenvalue weighted by Crippen LogP contribution is -2.43. The van der Waals surface area contributed by atoms with Gasteiger partial charge in [-0.1, -0.05) is 13.0 Å². The monoisotopic (exact) mass is 383 g/mol. The van der Waals surface area contributed by atoms with E-state index in [4.69, 9.17) is 0 Å². The van der Waals surface area contributed by atoms with Gasteiger partial charge in [0.1, 0.15) is 29.9 Å². The number of ether oxygens (including phenoxy) is 1. The molecular weight excluding hydrogens is 368 g/mol. The fourth-order valence-corrected chi connectivity index (χ4v) is 2.35. The number of alkyl halides is 4. The van der Waals surface area contributed by atoms with Crippen molar-refractivity contribution in [1.82, 2.24) is 14.8 Å². The molecule has 2 atom stereocenters. The van der Waals surface area contributed by atoms with Gasteiger partial charge in [0.05, 0.1) is 13.2 Å². The van der Waals surface area contributed by atoms with Crippen LogP contribution >= 0.6 is 0 Å². The van der Waals surface area contributed by atoms with E-state index in [-0.39, 0.29) is 0 Å². The first-order valence-corrected chi connectivity index (χ1v) is 7.36. The van der Waals surface area contributed by atoms with Crippen LogP contribution in [0.1, 0.15) is 12.5 Å². The SMILES string of the molecule is C[C@@H](COC(F)(F)C(F)F)[C@](O)(Cn1cncn1)c1ccc(F)cc1F. The number of halogens is 6. The fourth-order valence-electron chi connectivity index (χ4n) is 2.35. The molecule has 0 aliphatic carbocycles. The fraction of sp³-hybridized carbons (Fsp3) is 0.467. The zero-order valence-electron chi connectivity index (χ0n) is 13.4. The third-order valence-corrected chi connectivity index (χ3v) is 3.86. The molecule has 1 aromatic carbocycles. The average Bonchev–Trinajstić information content (AvgIpc) is 3.04. The molecule has 0 amide bonds. The number of hydrogen-bond donors (Lipinski definition) is 1. The van der Waals surface area contributed by atoms with Crippen molar-refractivity contribution in [2.24, 2.45) is 5.92 Å². The predicted molar refractivity (Wildman–Crippen MR) is 76.3 cm³/mol. The Morgan fingerprint density at radius 2 is 1.96 bits per heavy atom. The number of aromatic nitrogens is 3. The van der Waals surface area contributed by atoms with Gasteiger partial charge in [0.15, 0.2) is 0 Å². The van der Waals surface area contributed by atoms with Crippen molar-refractivity contribution >= 4 is 0 Å². The summed E-state index contributed by atoms with van der Waals surface area (Å²) in [7, 11) is 0. The molecule has 0 fully saturated rings. The van der Waals surface area contributed by atoms with Crippen LogP contribution in [0.3, 0.4) is 0 Å². The molecule has 2 aromatic rings.